The van der Waals surface area contributed by atoms with Crippen LogP contribution in [0.3, 0.4) is 0 Å². The van der Waals surface area contributed by atoms with Gasteiger partial charge in [-0.05, 0) is 72.7 Å². The van der Waals surface area contributed by atoms with Crippen molar-refractivity contribution in [3.05, 3.63) is 88.7 Å². The van der Waals surface area contributed by atoms with Crippen molar-refractivity contribution < 1.29 is 4.57 Å². The lowest BCUT2D eigenvalue weighted by Gasteiger charge is -2.16. The zero-order valence-electron chi connectivity index (χ0n) is 20.1. The maximum absolute atomic E-state index is 4.97. The van der Waals surface area contributed by atoms with Crippen LogP contribution in [0.5, 0.6) is 0 Å². The summed E-state index contributed by atoms with van der Waals surface area (Å²) in [5.74, 6) is 1.78. The fourth-order valence-electron chi connectivity index (χ4n) is 5.66. The average Bonchev–Trinajstić information content (AvgIpc) is 3.32. The molecule has 0 fully saturated rings. The van der Waals surface area contributed by atoms with Gasteiger partial charge in [-0.1, -0.05) is 38.1 Å². The number of hydrogen-bond acceptors (Lipinski definition) is 1. The second-order valence-corrected chi connectivity index (χ2v) is 9.95. The van der Waals surface area contributed by atoms with Gasteiger partial charge in [0, 0.05) is 23.9 Å². The summed E-state index contributed by atoms with van der Waals surface area (Å²) in [5.41, 5.74) is 13.0. The molecule has 0 spiro atoms. The quantitative estimate of drug-likeness (QED) is 0.297. The first-order valence-electron chi connectivity index (χ1n) is 11.9. The Bertz CT molecular complexity index is 1570. The number of aryl methyl sites for hydroxylation is 2. The molecule has 0 radical (unpaired) electrons. The van der Waals surface area contributed by atoms with Crippen molar-refractivity contribution >= 4 is 21.9 Å². The second-order valence-electron chi connectivity index (χ2n) is 9.95. The molecule has 0 aliphatic carbocycles. The second kappa shape index (κ2) is 7.28. The molecule has 0 saturated heterocycles. The van der Waals surface area contributed by atoms with Crippen molar-refractivity contribution in [1.82, 2.24) is 9.55 Å². The molecule has 33 heavy (non-hydrogen) atoms. The van der Waals surface area contributed by atoms with Crippen LogP contribution < -0.4 is 4.57 Å². The van der Waals surface area contributed by atoms with Gasteiger partial charge < -0.3 is 0 Å². The largest absolute Gasteiger partial charge is 0.296 e. The number of hydrogen-bond donors (Lipinski definition) is 0. The van der Waals surface area contributed by atoms with Crippen molar-refractivity contribution in [2.24, 2.45) is 13.0 Å². The van der Waals surface area contributed by atoms with Crippen LogP contribution in [0.2, 0.25) is 0 Å². The van der Waals surface area contributed by atoms with Gasteiger partial charge in [-0.15, -0.1) is 0 Å². The third-order valence-corrected chi connectivity index (χ3v) is 7.33. The highest BCUT2D eigenvalue weighted by Gasteiger charge is 2.30. The van der Waals surface area contributed by atoms with E-state index >= 15 is 0 Å². The number of imidazole rings is 1. The Morgan fingerprint density at radius 1 is 1.00 bits per heavy atom. The first kappa shape index (κ1) is 20.2. The van der Waals surface area contributed by atoms with E-state index < -0.39 is 0 Å². The van der Waals surface area contributed by atoms with Crippen molar-refractivity contribution in [2.45, 2.75) is 40.5 Å². The van der Waals surface area contributed by atoms with E-state index in [4.69, 9.17) is 4.98 Å². The van der Waals surface area contributed by atoms with Gasteiger partial charge in [0.1, 0.15) is 12.9 Å². The predicted octanol–water partition coefficient (Wildman–Crippen LogP) is 6.39. The lowest BCUT2D eigenvalue weighted by Crippen LogP contribution is -2.32. The Morgan fingerprint density at radius 2 is 1.82 bits per heavy atom. The third-order valence-electron chi connectivity index (χ3n) is 7.33. The van der Waals surface area contributed by atoms with Crippen LogP contribution in [0.15, 0.2) is 60.7 Å². The maximum atomic E-state index is 4.97. The fraction of sp³-hybridized carbons (Fsp3) is 0.267. The molecule has 1 aliphatic heterocycles. The highest BCUT2D eigenvalue weighted by molar-refractivity contribution is 5.85. The molecule has 3 aromatic carbocycles. The fourth-order valence-corrected chi connectivity index (χ4v) is 5.66. The number of nitrogens with zero attached hydrogens (tertiary/aromatic N) is 3. The van der Waals surface area contributed by atoms with E-state index in [-0.39, 0.29) is 0 Å². The van der Waals surface area contributed by atoms with Gasteiger partial charge in [0.2, 0.25) is 11.2 Å². The summed E-state index contributed by atoms with van der Waals surface area (Å²) in [6.07, 6.45) is 1.97. The van der Waals surface area contributed by atoms with Crippen LogP contribution in [0, 0.1) is 19.8 Å². The van der Waals surface area contributed by atoms with Crippen molar-refractivity contribution in [1.29, 1.82) is 0 Å². The van der Waals surface area contributed by atoms with Gasteiger partial charge in [-0.2, -0.15) is 4.57 Å². The van der Waals surface area contributed by atoms with Gasteiger partial charge >= 0.3 is 0 Å². The van der Waals surface area contributed by atoms with Crippen LogP contribution in [-0.2, 0) is 19.9 Å². The topological polar surface area (TPSA) is 21.7 Å². The summed E-state index contributed by atoms with van der Waals surface area (Å²) >= 11 is 0. The monoisotopic (exact) mass is 432 g/mol. The molecular formula is C30H30N3+. The molecule has 3 nitrogen and oxygen atoms in total. The van der Waals surface area contributed by atoms with Crippen LogP contribution in [0.4, 0.5) is 0 Å². The highest BCUT2D eigenvalue weighted by Crippen LogP contribution is 2.40. The zero-order chi connectivity index (χ0) is 22.9. The number of benzene rings is 3. The lowest BCUT2D eigenvalue weighted by molar-refractivity contribution is -0.633. The Balaban J connectivity index is 1.60. The number of para-hydroxylation sites is 2. The maximum Gasteiger partial charge on any atom is 0.213 e. The standard InChI is InChI=1S/C30H30N3/c1-18(2)15-21-9-8-12-25-22(21)13-14-27(32(25)5)30-20(4)19(3)16-28-23(30)17-29-31-24-10-6-7-11-26(24)33(28)29/h6-14,16,18H,15,17H2,1-5H3/q+1. The molecule has 2 aromatic heterocycles. The number of fused-ring (bicyclic) bond motifs is 6. The summed E-state index contributed by atoms with van der Waals surface area (Å²) in [6.45, 7) is 9.08. The van der Waals surface area contributed by atoms with Gasteiger partial charge in [0.05, 0.1) is 22.3 Å². The van der Waals surface area contributed by atoms with Gasteiger partial charge in [-0.25, -0.2) is 4.98 Å². The minimum atomic E-state index is 0.639. The van der Waals surface area contributed by atoms with Gasteiger partial charge in [0.15, 0.2) is 0 Å². The Labute approximate surface area is 195 Å². The van der Waals surface area contributed by atoms with Crippen LogP contribution in [-0.4, -0.2) is 9.55 Å². The third kappa shape index (κ3) is 2.95. The molecule has 0 atom stereocenters. The molecule has 0 N–H and O–H groups in total. The van der Waals surface area contributed by atoms with E-state index in [9.17, 15) is 0 Å². The van der Waals surface area contributed by atoms with Crippen molar-refractivity contribution in [3.8, 4) is 16.9 Å². The molecule has 3 heteroatoms. The van der Waals surface area contributed by atoms with Crippen molar-refractivity contribution in [3.63, 3.8) is 0 Å². The van der Waals surface area contributed by atoms with E-state index in [0.29, 0.717) is 5.92 Å². The molecule has 5 aromatic rings. The molecule has 6 rings (SSSR count). The normalized spacial score (nSPS) is 12.7. The summed E-state index contributed by atoms with van der Waals surface area (Å²) in [5, 5.41) is 1.36. The van der Waals surface area contributed by atoms with E-state index in [1.165, 1.54) is 55.6 Å². The lowest BCUT2D eigenvalue weighted by atomic mass is 9.91. The first-order valence-corrected chi connectivity index (χ1v) is 11.9. The molecule has 3 heterocycles. The van der Waals surface area contributed by atoms with Crippen LogP contribution in [0.1, 0.15) is 41.9 Å². The number of aromatic nitrogens is 3. The van der Waals surface area contributed by atoms with Crippen LogP contribution >= 0.6 is 0 Å². The van der Waals surface area contributed by atoms with E-state index in [0.717, 1.165) is 24.2 Å². The average molecular weight is 433 g/mol. The van der Waals surface area contributed by atoms with E-state index in [2.05, 4.69) is 105 Å². The number of pyridine rings is 1. The zero-order valence-corrected chi connectivity index (χ0v) is 20.1. The van der Waals surface area contributed by atoms with Crippen LogP contribution in [0.25, 0.3) is 38.9 Å². The summed E-state index contributed by atoms with van der Waals surface area (Å²) in [7, 11) is 2.22. The molecule has 164 valence electrons. The Morgan fingerprint density at radius 3 is 2.64 bits per heavy atom. The summed E-state index contributed by atoms with van der Waals surface area (Å²) in [6, 6.07) is 22.2. The van der Waals surface area contributed by atoms with Crippen molar-refractivity contribution in [2.75, 3.05) is 0 Å². The minimum absolute atomic E-state index is 0.639. The Hall–Kier alpha value is -3.46. The molecule has 0 bridgehead atoms. The minimum Gasteiger partial charge on any atom is -0.296 e. The predicted molar refractivity (Wildman–Crippen MR) is 136 cm³/mol. The molecule has 1 aliphatic rings. The summed E-state index contributed by atoms with van der Waals surface area (Å²) in [4.78, 5) is 4.97. The Kier molecular flexibility index (Phi) is 4.45. The van der Waals surface area contributed by atoms with Gasteiger partial charge in [-0.3, -0.25) is 4.57 Å². The molecule has 0 amide bonds. The summed E-state index contributed by atoms with van der Waals surface area (Å²) < 4.78 is 4.75. The SMILES string of the molecule is Cc1cc2c(c(-c3ccc4c(CC(C)C)cccc4[n+]3C)c1C)Cc1nc3ccccc3n1-2. The smallest absolute Gasteiger partial charge is 0.213 e. The van der Waals surface area contributed by atoms with E-state index in [1.54, 1.807) is 0 Å². The molecule has 0 saturated carbocycles. The first-order chi connectivity index (χ1) is 15.9. The number of rotatable bonds is 3. The van der Waals surface area contributed by atoms with E-state index in [1.807, 2.05) is 0 Å². The van der Waals surface area contributed by atoms with Gasteiger partial charge in [0.25, 0.3) is 0 Å². The molecule has 0 unspecified atom stereocenters. The molecular weight excluding hydrogens is 402 g/mol. The highest BCUT2D eigenvalue weighted by atomic mass is 15.1.